The van der Waals surface area contributed by atoms with Crippen LogP contribution in [0.1, 0.15) is 74.7 Å². The molecule has 0 radical (unpaired) electrons. The number of fused-ring (bicyclic) bond motifs is 1. The van der Waals surface area contributed by atoms with Crippen LogP contribution in [0.5, 0.6) is 17.4 Å². The number of ether oxygens (including phenoxy) is 2. The number of rotatable bonds is 12. The standard InChI is InChI=1S/C45H49Cl2FN6O6S/c1-45(2)14-13-30(37(23-45)29-5-7-31(46)8-6-29)26-53-15-17-54(18-16-53)33-9-12-36(42(21-33)60-41-20-32(48)19-40-38(41)25-50-51-40)43(56)52-61(57,58)35-22-39(47)44(49-24-35)59-27-28-3-10-34(55)11-4-28/h5-9,12,19-22,24-25,28,34,55H,3-4,10-11,13-18,23,26-27H2,1-2H3,(H,50,51)(H,52,56)/t28-,34-. The minimum Gasteiger partial charge on any atom is -0.476 e. The van der Waals surface area contributed by atoms with Gasteiger partial charge in [0.15, 0.2) is 0 Å². The van der Waals surface area contributed by atoms with Crippen LogP contribution in [0.4, 0.5) is 10.1 Å². The number of aromatic nitrogens is 3. The van der Waals surface area contributed by atoms with Crippen molar-refractivity contribution in [3.63, 3.8) is 0 Å². The molecule has 1 amide bonds. The maximum Gasteiger partial charge on any atom is 0.268 e. The van der Waals surface area contributed by atoms with Crippen LogP contribution >= 0.6 is 23.2 Å². The number of sulfonamides is 1. The van der Waals surface area contributed by atoms with Crippen molar-refractivity contribution >= 4 is 61.3 Å². The van der Waals surface area contributed by atoms with Crippen LogP contribution in [0, 0.1) is 17.2 Å². The van der Waals surface area contributed by atoms with Crippen molar-refractivity contribution in [3.8, 4) is 17.4 Å². The summed E-state index contributed by atoms with van der Waals surface area (Å²) < 4.78 is 56.1. The van der Waals surface area contributed by atoms with E-state index in [9.17, 15) is 22.7 Å². The summed E-state index contributed by atoms with van der Waals surface area (Å²) >= 11 is 12.6. The van der Waals surface area contributed by atoms with E-state index in [1.54, 1.807) is 12.1 Å². The van der Waals surface area contributed by atoms with Crippen LogP contribution < -0.4 is 19.1 Å². The molecule has 5 aromatic rings. The van der Waals surface area contributed by atoms with Crippen LogP contribution in [0.25, 0.3) is 16.5 Å². The fraction of sp³-hybridized carbons (Fsp3) is 0.400. The number of nitrogens with zero attached hydrogens (tertiary/aromatic N) is 4. The van der Waals surface area contributed by atoms with Crippen LogP contribution in [0.15, 0.2) is 83.5 Å². The highest BCUT2D eigenvalue weighted by molar-refractivity contribution is 7.90. The second kappa shape index (κ2) is 17.9. The van der Waals surface area contributed by atoms with E-state index in [1.165, 1.54) is 47.2 Å². The summed E-state index contributed by atoms with van der Waals surface area (Å²) in [5.74, 6) is -1.14. The van der Waals surface area contributed by atoms with Crippen molar-refractivity contribution in [2.24, 2.45) is 11.3 Å². The zero-order chi connectivity index (χ0) is 42.9. The molecule has 3 aliphatic rings. The number of H-pyrrole nitrogens is 1. The van der Waals surface area contributed by atoms with Gasteiger partial charge in [-0.3, -0.25) is 14.8 Å². The smallest absolute Gasteiger partial charge is 0.268 e. The second-order valence-corrected chi connectivity index (χ2v) is 19.6. The first-order valence-corrected chi connectivity index (χ1v) is 22.9. The number of amides is 1. The van der Waals surface area contributed by atoms with Gasteiger partial charge >= 0.3 is 0 Å². The van der Waals surface area contributed by atoms with Gasteiger partial charge in [-0.1, -0.05) is 54.8 Å². The van der Waals surface area contributed by atoms with E-state index in [0.29, 0.717) is 43.4 Å². The summed E-state index contributed by atoms with van der Waals surface area (Å²) in [7, 11) is -4.48. The first-order chi connectivity index (χ1) is 29.2. The Hall–Kier alpha value is -4.73. The van der Waals surface area contributed by atoms with Gasteiger partial charge in [-0.05, 0) is 104 Å². The van der Waals surface area contributed by atoms with Crippen LogP contribution in [0.2, 0.25) is 10.0 Å². The first kappa shape index (κ1) is 42.9. The predicted molar refractivity (Wildman–Crippen MR) is 235 cm³/mol. The number of aliphatic hydroxyl groups excluding tert-OH is 1. The molecule has 0 bridgehead atoms. The number of allylic oxidation sites excluding steroid dienone is 1. The number of aliphatic hydroxyl groups is 1. The fourth-order valence-corrected chi connectivity index (χ4v) is 9.82. The number of anilines is 1. The molecule has 3 N–H and O–H groups in total. The van der Waals surface area contributed by atoms with Crippen molar-refractivity contribution in [1.82, 2.24) is 24.8 Å². The van der Waals surface area contributed by atoms with Crippen LogP contribution in [-0.4, -0.2) is 84.9 Å². The average molecular weight is 892 g/mol. The summed E-state index contributed by atoms with van der Waals surface area (Å²) in [5.41, 5.74) is 5.34. The lowest BCUT2D eigenvalue weighted by Crippen LogP contribution is -2.47. The van der Waals surface area contributed by atoms with Crippen molar-refractivity contribution < 1.29 is 32.2 Å². The number of benzene rings is 3. The molecule has 8 rings (SSSR count). The van der Waals surface area contributed by atoms with Gasteiger partial charge in [0.1, 0.15) is 27.2 Å². The normalized spacial score (nSPS) is 19.9. The van der Waals surface area contributed by atoms with Crippen LogP contribution in [0.3, 0.4) is 0 Å². The molecule has 0 spiro atoms. The molecule has 3 heterocycles. The molecule has 0 atom stereocenters. The molecule has 12 nitrogen and oxygen atoms in total. The highest BCUT2D eigenvalue weighted by Gasteiger charge is 2.30. The zero-order valence-electron chi connectivity index (χ0n) is 34.1. The Morgan fingerprint density at radius 3 is 2.48 bits per heavy atom. The van der Waals surface area contributed by atoms with E-state index in [-0.39, 0.29) is 50.3 Å². The summed E-state index contributed by atoms with van der Waals surface area (Å²) in [6, 6.07) is 16.7. The number of halogens is 3. The van der Waals surface area contributed by atoms with E-state index >= 15 is 0 Å². The lowest BCUT2D eigenvalue weighted by molar-refractivity contribution is 0.0908. The lowest BCUT2D eigenvalue weighted by atomic mass is 9.72. The van der Waals surface area contributed by atoms with Gasteiger partial charge in [-0.25, -0.2) is 22.5 Å². The summed E-state index contributed by atoms with van der Waals surface area (Å²) in [4.78, 5) is 22.3. The van der Waals surface area contributed by atoms with Gasteiger partial charge in [0.25, 0.3) is 15.9 Å². The van der Waals surface area contributed by atoms with E-state index in [0.717, 1.165) is 68.6 Å². The van der Waals surface area contributed by atoms with E-state index < -0.39 is 21.7 Å². The van der Waals surface area contributed by atoms with Gasteiger partial charge in [0, 0.05) is 55.6 Å². The summed E-state index contributed by atoms with van der Waals surface area (Å²) in [6.45, 7) is 8.82. The number of pyridine rings is 1. The third-order valence-electron chi connectivity index (χ3n) is 12.0. The minimum absolute atomic E-state index is 0.0263. The van der Waals surface area contributed by atoms with E-state index in [2.05, 4.69) is 55.7 Å². The molecule has 16 heteroatoms. The quantitative estimate of drug-likeness (QED) is 0.111. The van der Waals surface area contributed by atoms with Gasteiger partial charge in [0.2, 0.25) is 5.88 Å². The fourth-order valence-electron chi connectivity index (χ4n) is 8.47. The molecule has 2 fully saturated rings. The van der Waals surface area contributed by atoms with Gasteiger partial charge in [0.05, 0.1) is 41.6 Å². The Bertz CT molecular complexity index is 2550. The molecule has 0 unspecified atom stereocenters. The van der Waals surface area contributed by atoms with Crippen molar-refractivity contribution in [2.45, 2.75) is 69.8 Å². The zero-order valence-corrected chi connectivity index (χ0v) is 36.4. The highest BCUT2D eigenvalue weighted by Crippen LogP contribution is 2.44. The third-order valence-corrected chi connectivity index (χ3v) is 13.9. The molecule has 2 aromatic heterocycles. The molecule has 3 aromatic carbocycles. The number of carbonyl (C=O) groups excluding carboxylic acids is 1. The Morgan fingerprint density at radius 1 is 0.984 bits per heavy atom. The van der Waals surface area contributed by atoms with Gasteiger partial charge in [-0.15, -0.1) is 0 Å². The Balaban J connectivity index is 0.999. The molecular formula is C45H49Cl2FN6O6S. The average Bonchev–Trinajstić information content (AvgIpc) is 3.71. The van der Waals surface area contributed by atoms with Gasteiger partial charge in [-0.2, -0.15) is 5.10 Å². The largest absolute Gasteiger partial charge is 0.476 e. The highest BCUT2D eigenvalue weighted by atomic mass is 35.5. The van der Waals surface area contributed by atoms with Crippen molar-refractivity contribution in [2.75, 3.05) is 44.2 Å². The number of aromatic amines is 1. The van der Waals surface area contributed by atoms with Crippen LogP contribution in [-0.2, 0) is 10.0 Å². The third kappa shape index (κ3) is 10.2. The predicted octanol–water partition coefficient (Wildman–Crippen LogP) is 9.03. The Labute approximate surface area is 365 Å². The Morgan fingerprint density at radius 2 is 1.74 bits per heavy atom. The number of piperazine rings is 1. The summed E-state index contributed by atoms with van der Waals surface area (Å²) in [5, 5.41) is 17.7. The monoisotopic (exact) mass is 890 g/mol. The number of hydrogen-bond donors (Lipinski definition) is 3. The maximum absolute atomic E-state index is 14.8. The second-order valence-electron chi connectivity index (χ2n) is 17.1. The Kier molecular flexibility index (Phi) is 12.6. The maximum atomic E-state index is 14.8. The number of hydrogen-bond acceptors (Lipinski definition) is 10. The summed E-state index contributed by atoms with van der Waals surface area (Å²) in [6.07, 6.45) is 8.42. The molecule has 2 aliphatic carbocycles. The number of nitrogens with one attached hydrogen (secondary N) is 2. The molecule has 61 heavy (non-hydrogen) atoms. The molecular weight excluding hydrogens is 843 g/mol. The topological polar surface area (TPSA) is 150 Å². The molecule has 1 saturated heterocycles. The molecule has 1 saturated carbocycles. The molecule has 322 valence electrons. The van der Waals surface area contributed by atoms with Gasteiger partial charge < -0.3 is 19.5 Å². The lowest BCUT2D eigenvalue weighted by Gasteiger charge is -2.39. The number of carbonyl (C=O) groups is 1. The molecule has 1 aliphatic heterocycles. The minimum atomic E-state index is -4.48. The van der Waals surface area contributed by atoms with E-state index in [4.69, 9.17) is 32.7 Å². The van der Waals surface area contributed by atoms with Crippen molar-refractivity contribution in [3.05, 3.63) is 106 Å². The van der Waals surface area contributed by atoms with E-state index in [1.807, 2.05) is 12.1 Å². The first-order valence-electron chi connectivity index (χ1n) is 20.6. The SMILES string of the molecule is CC1(C)CCC(CN2CCN(c3ccc(C(=O)NS(=O)(=O)c4cnc(OC[C@H]5CC[C@H](O)CC5)c(Cl)c4)c(Oc4cc(F)cc5[nH]ncc45)c3)CC2)=C(c2ccc(Cl)cc2)C1. The van der Waals surface area contributed by atoms with Crippen molar-refractivity contribution in [1.29, 1.82) is 0 Å².